The quantitative estimate of drug-likeness (QED) is 0.805. The molecule has 0 fully saturated rings. The highest BCUT2D eigenvalue weighted by Gasteiger charge is 2.17. The first kappa shape index (κ1) is 11.7. The number of likely N-dealkylation sites (N-methyl/N-ethyl adjacent to an activating group) is 1. The molecule has 1 aliphatic rings. The molecule has 0 aliphatic carbocycles. The fourth-order valence-electron chi connectivity index (χ4n) is 1.76. The summed E-state index contributed by atoms with van der Waals surface area (Å²) in [6.07, 6.45) is 0.419. The van der Waals surface area contributed by atoms with E-state index in [4.69, 9.17) is 14.6 Å². The molecule has 0 aromatic heterocycles. The molecule has 2 rings (SSSR count). The van der Waals surface area contributed by atoms with Gasteiger partial charge in [0.15, 0.2) is 11.5 Å². The maximum atomic E-state index is 10.9. The van der Waals surface area contributed by atoms with Gasteiger partial charge in [0.1, 0.15) is 19.3 Å². The van der Waals surface area contributed by atoms with Crippen LogP contribution in [0.5, 0.6) is 11.5 Å². The van der Waals surface area contributed by atoms with Gasteiger partial charge in [0.05, 0.1) is 0 Å². The molecule has 2 N–H and O–H groups in total. The molecule has 1 unspecified atom stereocenters. The van der Waals surface area contributed by atoms with Gasteiger partial charge in [-0.25, -0.2) is 0 Å². The van der Waals surface area contributed by atoms with Crippen molar-refractivity contribution in [3.05, 3.63) is 23.8 Å². The van der Waals surface area contributed by atoms with Gasteiger partial charge in [0, 0.05) is 0 Å². The number of hydrogen-bond donors (Lipinski definition) is 2. The maximum Gasteiger partial charge on any atom is 0.321 e. The SMILES string of the molecule is CNC(Cc1ccc2c(c1)OCCO2)C(=O)O. The van der Waals surface area contributed by atoms with Crippen molar-refractivity contribution < 1.29 is 19.4 Å². The number of carboxylic acid groups (broad SMARTS) is 1. The van der Waals surface area contributed by atoms with Crippen molar-refractivity contribution in [1.82, 2.24) is 5.32 Å². The largest absolute Gasteiger partial charge is 0.486 e. The van der Waals surface area contributed by atoms with Gasteiger partial charge < -0.3 is 19.9 Å². The lowest BCUT2D eigenvalue weighted by Gasteiger charge is -2.19. The molecule has 1 aromatic carbocycles. The molecule has 92 valence electrons. The first-order valence-electron chi connectivity index (χ1n) is 5.49. The van der Waals surface area contributed by atoms with Crippen LogP contribution in [-0.4, -0.2) is 37.4 Å². The standard InChI is InChI=1S/C12H15NO4/c1-13-9(12(14)15)6-8-2-3-10-11(7-8)17-5-4-16-10/h2-3,7,9,13H,4-6H2,1H3,(H,14,15). The number of aliphatic carboxylic acids is 1. The summed E-state index contributed by atoms with van der Waals surface area (Å²) in [6.45, 7) is 1.09. The van der Waals surface area contributed by atoms with Crippen molar-refractivity contribution in [2.45, 2.75) is 12.5 Å². The van der Waals surface area contributed by atoms with Gasteiger partial charge in [-0.2, -0.15) is 0 Å². The first-order valence-corrected chi connectivity index (χ1v) is 5.49. The van der Waals surface area contributed by atoms with Crippen molar-refractivity contribution >= 4 is 5.97 Å². The molecule has 0 radical (unpaired) electrons. The number of hydrogen-bond acceptors (Lipinski definition) is 4. The lowest BCUT2D eigenvalue weighted by Crippen LogP contribution is -2.35. The van der Waals surface area contributed by atoms with Crippen molar-refractivity contribution in [3.63, 3.8) is 0 Å². The number of ether oxygens (including phenoxy) is 2. The highest BCUT2D eigenvalue weighted by atomic mass is 16.6. The number of benzene rings is 1. The molecule has 1 heterocycles. The summed E-state index contributed by atoms with van der Waals surface area (Å²) in [6, 6.07) is 4.93. The number of carbonyl (C=O) groups is 1. The molecule has 5 nitrogen and oxygen atoms in total. The van der Waals surface area contributed by atoms with Crippen LogP contribution in [0.25, 0.3) is 0 Å². The summed E-state index contributed by atoms with van der Waals surface area (Å²) in [5.74, 6) is 0.549. The highest BCUT2D eigenvalue weighted by Crippen LogP contribution is 2.31. The van der Waals surface area contributed by atoms with Crippen LogP contribution in [0.3, 0.4) is 0 Å². The monoisotopic (exact) mass is 237 g/mol. The van der Waals surface area contributed by atoms with Gasteiger partial charge in [-0.1, -0.05) is 6.07 Å². The molecule has 0 saturated carbocycles. The Balaban J connectivity index is 2.14. The second-order valence-electron chi connectivity index (χ2n) is 3.86. The topological polar surface area (TPSA) is 67.8 Å². The molecule has 1 atom stereocenters. The average molecular weight is 237 g/mol. The second-order valence-corrected chi connectivity index (χ2v) is 3.86. The minimum absolute atomic E-state index is 0.419. The minimum atomic E-state index is -0.859. The number of rotatable bonds is 4. The van der Waals surface area contributed by atoms with Crippen molar-refractivity contribution in [2.75, 3.05) is 20.3 Å². The Hall–Kier alpha value is -1.75. The smallest absolute Gasteiger partial charge is 0.321 e. The highest BCUT2D eigenvalue weighted by molar-refractivity contribution is 5.73. The van der Waals surface area contributed by atoms with E-state index in [-0.39, 0.29) is 0 Å². The third-order valence-corrected chi connectivity index (χ3v) is 2.69. The molecule has 0 amide bonds. The number of carboxylic acids is 1. The van der Waals surface area contributed by atoms with E-state index >= 15 is 0 Å². The molecule has 1 aliphatic heterocycles. The van der Waals surface area contributed by atoms with Crippen molar-refractivity contribution in [3.8, 4) is 11.5 Å². The molecule has 1 aromatic rings. The molecule has 5 heteroatoms. The van der Waals surface area contributed by atoms with Gasteiger partial charge in [-0.3, -0.25) is 4.79 Å². The summed E-state index contributed by atoms with van der Waals surface area (Å²) in [5.41, 5.74) is 0.913. The normalized spacial score (nSPS) is 15.4. The Kier molecular flexibility index (Phi) is 3.49. The molecular weight excluding hydrogens is 222 g/mol. The molecule has 17 heavy (non-hydrogen) atoms. The Morgan fingerprint density at radius 2 is 2.12 bits per heavy atom. The molecule has 0 spiro atoms. The zero-order valence-corrected chi connectivity index (χ0v) is 9.60. The summed E-state index contributed by atoms with van der Waals surface area (Å²) in [5, 5.41) is 11.7. The van der Waals surface area contributed by atoms with E-state index in [9.17, 15) is 4.79 Å². The van der Waals surface area contributed by atoms with Gasteiger partial charge in [0.25, 0.3) is 0 Å². The zero-order valence-electron chi connectivity index (χ0n) is 9.60. The number of fused-ring (bicyclic) bond motifs is 1. The van der Waals surface area contributed by atoms with E-state index in [0.717, 1.165) is 11.3 Å². The molecule has 0 saturated heterocycles. The van der Waals surface area contributed by atoms with Gasteiger partial charge >= 0.3 is 5.97 Å². The van der Waals surface area contributed by atoms with Gasteiger partial charge in [-0.05, 0) is 31.2 Å². The third kappa shape index (κ3) is 2.68. The van der Waals surface area contributed by atoms with Crippen LogP contribution in [0.1, 0.15) is 5.56 Å². The van der Waals surface area contributed by atoms with E-state index in [1.807, 2.05) is 18.2 Å². The Morgan fingerprint density at radius 1 is 1.41 bits per heavy atom. The van der Waals surface area contributed by atoms with E-state index in [2.05, 4.69) is 5.32 Å². The van der Waals surface area contributed by atoms with Crippen LogP contribution in [0.15, 0.2) is 18.2 Å². The predicted octanol–water partition coefficient (Wildman–Crippen LogP) is 0.673. The first-order chi connectivity index (χ1) is 8.20. The van der Waals surface area contributed by atoms with E-state index in [1.165, 1.54) is 0 Å². The average Bonchev–Trinajstić information content (AvgIpc) is 2.35. The van der Waals surface area contributed by atoms with Gasteiger partial charge in [0.2, 0.25) is 0 Å². The minimum Gasteiger partial charge on any atom is -0.486 e. The fraction of sp³-hybridized carbons (Fsp3) is 0.417. The Bertz CT molecular complexity index is 419. The van der Waals surface area contributed by atoms with Crippen LogP contribution in [0.4, 0.5) is 0 Å². The zero-order chi connectivity index (χ0) is 12.3. The van der Waals surface area contributed by atoms with Crippen LogP contribution in [0.2, 0.25) is 0 Å². The van der Waals surface area contributed by atoms with Crippen LogP contribution in [-0.2, 0) is 11.2 Å². The lowest BCUT2D eigenvalue weighted by molar-refractivity contribution is -0.139. The van der Waals surface area contributed by atoms with Crippen LogP contribution < -0.4 is 14.8 Å². The predicted molar refractivity (Wildman–Crippen MR) is 61.6 cm³/mol. The van der Waals surface area contributed by atoms with Crippen LogP contribution >= 0.6 is 0 Å². The Labute approximate surface area is 99.3 Å². The van der Waals surface area contributed by atoms with Crippen LogP contribution in [0, 0.1) is 0 Å². The molecular formula is C12H15NO4. The second kappa shape index (κ2) is 5.05. The van der Waals surface area contributed by atoms with E-state index < -0.39 is 12.0 Å². The van der Waals surface area contributed by atoms with E-state index in [1.54, 1.807) is 7.05 Å². The summed E-state index contributed by atoms with van der Waals surface area (Å²) in [7, 11) is 1.64. The van der Waals surface area contributed by atoms with E-state index in [0.29, 0.717) is 25.4 Å². The summed E-state index contributed by atoms with van der Waals surface area (Å²) < 4.78 is 10.8. The number of nitrogens with one attached hydrogen (secondary N) is 1. The molecule has 0 bridgehead atoms. The summed E-state index contributed by atoms with van der Waals surface area (Å²) >= 11 is 0. The van der Waals surface area contributed by atoms with Crippen molar-refractivity contribution in [1.29, 1.82) is 0 Å². The van der Waals surface area contributed by atoms with Crippen molar-refractivity contribution in [2.24, 2.45) is 0 Å². The maximum absolute atomic E-state index is 10.9. The third-order valence-electron chi connectivity index (χ3n) is 2.69. The summed E-state index contributed by atoms with van der Waals surface area (Å²) in [4.78, 5) is 10.9. The Morgan fingerprint density at radius 3 is 2.76 bits per heavy atom. The van der Waals surface area contributed by atoms with Gasteiger partial charge in [-0.15, -0.1) is 0 Å². The fourth-order valence-corrected chi connectivity index (χ4v) is 1.76. The lowest BCUT2D eigenvalue weighted by atomic mass is 10.1.